The van der Waals surface area contributed by atoms with Crippen LogP contribution in [0, 0.1) is 12.7 Å². The third-order valence-electron chi connectivity index (χ3n) is 2.85. The van der Waals surface area contributed by atoms with Crippen LogP contribution in [-0.2, 0) is 0 Å². The highest BCUT2D eigenvalue weighted by Gasteiger charge is 2.12. The Hall–Kier alpha value is -1.62. The van der Waals surface area contributed by atoms with Crippen molar-refractivity contribution in [2.45, 2.75) is 19.9 Å². The standard InChI is InChI=1S/C14H14BrFN2O/c1-8-5-10(7-17-14(8)15)18-9(2)12-4-3-11(19)6-13(12)16/h3-7,9,18-19H,1-2H3. The number of halogens is 2. The molecule has 1 heterocycles. The van der Waals surface area contributed by atoms with Gasteiger partial charge in [0.1, 0.15) is 16.2 Å². The molecular weight excluding hydrogens is 311 g/mol. The van der Waals surface area contributed by atoms with Crippen molar-refractivity contribution in [1.82, 2.24) is 4.98 Å². The van der Waals surface area contributed by atoms with Crippen LogP contribution in [0.5, 0.6) is 5.75 Å². The maximum Gasteiger partial charge on any atom is 0.132 e. The van der Waals surface area contributed by atoms with Crippen molar-refractivity contribution in [2.24, 2.45) is 0 Å². The number of anilines is 1. The maximum absolute atomic E-state index is 13.7. The maximum atomic E-state index is 13.7. The van der Waals surface area contributed by atoms with E-state index < -0.39 is 5.82 Å². The van der Waals surface area contributed by atoms with E-state index in [1.54, 1.807) is 12.3 Å². The number of phenolic OH excluding ortho intramolecular Hbond substituents is 1. The van der Waals surface area contributed by atoms with Crippen LogP contribution in [0.1, 0.15) is 24.1 Å². The Kier molecular flexibility index (Phi) is 4.04. The lowest BCUT2D eigenvalue weighted by molar-refractivity contribution is 0.467. The summed E-state index contributed by atoms with van der Waals surface area (Å²) < 4.78 is 14.5. The number of hydrogen-bond donors (Lipinski definition) is 2. The Bertz CT molecular complexity index is 604. The average molecular weight is 325 g/mol. The molecule has 5 heteroatoms. The van der Waals surface area contributed by atoms with Crippen LogP contribution >= 0.6 is 15.9 Å². The zero-order valence-electron chi connectivity index (χ0n) is 10.6. The van der Waals surface area contributed by atoms with Gasteiger partial charge in [0.25, 0.3) is 0 Å². The molecule has 2 N–H and O–H groups in total. The third-order valence-corrected chi connectivity index (χ3v) is 3.68. The van der Waals surface area contributed by atoms with Gasteiger partial charge in [-0.05, 0) is 47.5 Å². The molecular formula is C14H14BrFN2O. The van der Waals surface area contributed by atoms with Crippen LogP contribution in [0.3, 0.4) is 0 Å². The van der Waals surface area contributed by atoms with E-state index in [1.807, 2.05) is 19.9 Å². The van der Waals surface area contributed by atoms with Crippen LogP contribution in [-0.4, -0.2) is 10.1 Å². The fourth-order valence-corrected chi connectivity index (χ4v) is 2.05. The highest BCUT2D eigenvalue weighted by Crippen LogP contribution is 2.25. The number of rotatable bonds is 3. The molecule has 19 heavy (non-hydrogen) atoms. The predicted molar refractivity (Wildman–Crippen MR) is 76.8 cm³/mol. The summed E-state index contributed by atoms with van der Waals surface area (Å²) in [4.78, 5) is 4.18. The molecule has 0 saturated heterocycles. The van der Waals surface area contributed by atoms with Crippen molar-refractivity contribution < 1.29 is 9.50 Å². The Morgan fingerprint density at radius 3 is 2.74 bits per heavy atom. The van der Waals surface area contributed by atoms with Crippen LogP contribution in [0.4, 0.5) is 10.1 Å². The van der Waals surface area contributed by atoms with Crippen molar-refractivity contribution in [3.8, 4) is 5.75 Å². The summed E-state index contributed by atoms with van der Waals surface area (Å²) in [5.74, 6) is -0.503. The van der Waals surface area contributed by atoms with Crippen molar-refractivity contribution in [2.75, 3.05) is 5.32 Å². The van der Waals surface area contributed by atoms with Gasteiger partial charge in [0, 0.05) is 11.6 Å². The molecule has 0 fully saturated rings. The second-order valence-electron chi connectivity index (χ2n) is 4.40. The van der Waals surface area contributed by atoms with Crippen molar-refractivity contribution in [3.63, 3.8) is 0 Å². The number of aromatic hydroxyl groups is 1. The Morgan fingerprint density at radius 1 is 1.37 bits per heavy atom. The van der Waals surface area contributed by atoms with Gasteiger partial charge in [-0.3, -0.25) is 0 Å². The number of aryl methyl sites for hydroxylation is 1. The van der Waals surface area contributed by atoms with Crippen molar-refractivity contribution in [1.29, 1.82) is 0 Å². The normalized spacial score (nSPS) is 12.2. The first-order valence-electron chi connectivity index (χ1n) is 5.84. The molecule has 1 unspecified atom stereocenters. The summed E-state index contributed by atoms with van der Waals surface area (Å²) in [6.07, 6.45) is 1.69. The minimum Gasteiger partial charge on any atom is -0.508 e. The summed E-state index contributed by atoms with van der Waals surface area (Å²) in [5, 5.41) is 12.4. The summed E-state index contributed by atoms with van der Waals surface area (Å²) in [5.41, 5.74) is 2.32. The number of aromatic nitrogens is 1. The van der Waals surface area contributed by atoms with Gasteiger partial charge in [-0.25, -0.2) is 9.37 Å². The van der Waals surface area contributed by atoms with E-state index in [0.29, 0.717) is 5.56 Å². The zero-order chi connectivity index (χ0) is 14.0. The minimum atomic E-state index is -0.429. The molecule has 0 aliphatic heterocycles. The first-order chi connectivity index (χ1) is 8.97. The van der Waals surface area contributed by atoms with Gasteiger partial charge in [0.05, 0.1) is 17.9 Å². The quantitative estimate of drug-likeness (QED) is 0.833. The van der Waals surface area contributed by atoms with Gasteiger partial charge in [-0.15, -0.1) is 0 Å². The van der Waals surface area contributed by atoms with Gasteiger partial charge in [-0.2, -0.15) is 0 Å². The molecule has 1 atom stereocenters. The average Bonchev–Trinajstić information content (AvgIpc) is 2.33. The molecule has 0 spiro atoms. The fourth-order valence-electron chi connectivity index (χ4n) is 1.83. The molecule has 0 aliphatic carbocycles. The first-order valence-corrected chi connectivity index (χ1v) is 6.64. The monoisotopic (exact) mass is 324 g/mol. The number of phenols is 1. The smallest absolute Gasteiger partial charge is 0.132 e. The number of benzene rings is 1. The lowest BCUT2D eigenvalue weighted by Gasteiger charge is -2.16. The molecule has 0 amide bonds. The zero-order valence-corrected chi connectivity index (χ0v) is 12.2. The second-order valence-corrected chi connectivity index (χ2v) is 5.15. The summed E-state index contributed by atoms with van der Waals surface area (Å²) in [6, 6.07) is 5.87. The second kappa shape index (κ2) is 5.57. The largest absolute Gasteiger partial charge is 0.508 e. The third kappa shape index (κ3) is 3.23. The molecule has 100 valence electrons. The van der Waals surface area contributed by atoms with E-state index >= 15 is 0 Å². The molecule has 0 saturated carbocycles. The van der Waals surface area contributed by atoms with E-state index in [0.717, 1.165) is 21.9 Å². The first kappa shape index (κ1) is 13.8. The van der Waals surface area contributed by atoms with Crippen LogP contribution in [0.15, 0.2) is 35.1 Å². The topological polar surface area (TPSA) is 45.1 Å². The minimum absolute atomic E-state index is 0.0744. The Labute approximate surface area is 119 Å². The van der Waals surface area contributed by atoms with Crippen LogP contribution in [0.25, 0.3) is 0 Å². The molecule has 1 aromatic carbocycles. The molecule has 0 radical (unpaired) electrons. The number of hydrogen-bond acceptors (Lipinski definition) is 3. The SMILES string of the molecule is Cc1cc(NC(C)c2ccc(O)cc2F)cnc1Br. The molecule has 2 aromatic rings. The van der Waals surface area contributed by atoms with Gasteiger partial charge in [0.15, 0.2) is 0 Å². The van der Waals surface area contributed by atoms with E-state index in [1.165, 1.54) is 6.07 Å². The van der Waals surface area contributed by atoms with Gasteiger partial charge >= 0.3 is 0 Å². The lowest BCUT2D eigenvalue weighted by atomic mass is 10.1. The Balaban J connectivity index is 2.20. The molecule has 1 aromatic heterocycles. The molecule has 0 aliphatic rings. The van der Waals surface area contributed by atoms with Gasteiger partial charge in [-0.1, -0.05) is 6.07 Å². The molecule has 3 nitrogen and oxygen atoms in total. The van der Waals surface area contributed by atoms with E-state index in [2.05, 4.69) is 26.2 Å². The van der Waals surface area contributed by atoms with E-state index in [-0.39, 0.29) is 11.8 Å². The van der Waals surface area contributed by atoms with E-state index in [9.17, 15) is 9.50 Å². The molecule has 0 bridgehead atoms. The van der Waals surface area contributed by atoms with Gasteiger partial charge < -0.3 is 10.4 Å². The van der Waals surface area contributed by atoms with Crippen LogP contribution < -0.4 is 5.32 Å². The van der Waals surface area contributed by atoms with Crippen LogP contribution in [0.2, 0.25) is 0 Å². The highest BCUT2D eigenvalue weighted by atomic mass is 79.9. The lowest BCUT2D eigenvalue weighted by Crippen LogP contribution is -2.09. The number of pyridine rings is 1. The number of nitrogens with one attached hydrogen (secondary N) is 1. The summed E-state index contributed by atoms with van der Waals surface area (Å²) in [7, 11) is 0. The van der Waals surface area contributed by atoms with E-state index in [4.69, 9.17) is 0 Å². The Morgan fingerprint density at radius 2 is 2.11 bits per heavy atom. The predicted octanol–water partition coefficient (Wildman–Crippen LogP) is 4.17. The summed E-state index contributed by atoms with van der Waals surface area (Å²) in [6.45, 7) is 3.79. The van der Waals surface area contributed by atoms with Crippen molar-refractivity contribution >= 4 is 21.6 Å². The van der Waals surface area contributed by atoms with Crippen molar-refractivity contribution in [3.05, 3.63) is 52.0 Å². The summed E-state index contributed by atoms with van der Waals surface area (Å²) >= 11 is 3.33. The fraction of sp³-hybridized carbons (Fsp3) is 0.214. The van der Waals surface area contributed by atoms with Gasteiger partial charge in [0.2, 0.25) is 0 Å². The highest BCUT2D eigenvalue weighted by molar-refractivity contribution is 9.10. The molecule has 2 rings (SSSR count). The number of nitrogens with zero attached hydrogens (tertiary/aromatic N) is 1.